The first kappa shape index (κ1) is 14.1. The number of methoxy groups -OCH3 is 1. The van der Waals surface area contributed by atoms with Gasteiger partial charge < -0.3 is 19.8 Å². The number of hydrogen-bond acceptors (Lipinski definition) is 6. The van der Waals surface area contributed by atoms with Gasteiger partial charge in [0.25, 0.3) is 0 Å². The molecule has 2 rings (SSSR count). The summed E-state index contributed by atoms with van der Waals surface area (Å²) in [5.74, 6) is 0. The molecule has 0 amide bonds. The summed E-state index contributed by atoms with van der Waals surface area (Å²) in [6.07, 6.45) is 0. The Balaban J connectivity index is 2.27. The van der Waals surface area contributed by atoms with Crippen LogP contribution < -0.4 is 10.9 Å². The van der Waals surface area contributed by atoms with Crippen molar-refractivity contribution in [3.05, 3.63) is 27.5 Å². The fraction of sp³-hybridized carbons (Fsp3) is 0.500. The van der Waals surface area contributed by atoms with E-state index in [0.29, 0.717) is 29.4 Å². The van der Waals surface area contributed by atoms with Crippen molar-refractivity contribution in [1.82, 2.24) is 10.3 Å². The molecule has 0 radical (unpaired) electrons. The fourth-order valence-electron chi connectivity index (χ4n) is 1.83. The zero-order chi connectivity index (χ0) is 13.7. The molecule has 0 bridgehead atoms. The maximum Gasteiger partial charge on any atom is 0.249 e. The van der Waals surface area contributed by atoms with Crippen LogP contribution in [0.15, 0.2) is 15.9 Å². The van der Waals surface area contributed by atoms with Crippen molar-refractivity contribution in [3.63, 3.8) is 0 Å². The van der Waals surface area contributed by atoms with E-state index in [-0.39, 0.29) is 17.5 Å². The molecule has 1 aromatic heterocycles. The number of nitriles is 1. The Morgan fingerprint density at radius 3 is 3.16 bits per heavy atom. The van der Waals surface area contributed by atoms with Gasteiger partial charge >= 0.3 is 0 Å². The van der Waals surface area contributed by atoms with Crippen molar-refractivity contribution in [2.75, 3.05) is 26.9 Å². The van der Waals surface area contributed by atoms with E-state index in [1.54, 1.807) is 0 Å². The number of nitrogens with one attached hydrogen (secondary N) is 2. The summed E-state index contributed by atoms with van der Waals surface area (Å²) in [6, 6.07) is 3.53. The quantitative estimate of drug-likeness (QED) is 0.832. The number of pyridine rings is 1. The maximum absolute atomic E-state index is 11.6. The van der Waals surface area contributed by atoms with Gasteiger partial charge in [-0.2, -0.15) is 5.26 Å². The van der Waals surface area contributed by atoms with E-state index in [2.05, 4.69) is 16.4 Å². The van der Waals surface area contributed by atoms with E-state index >= 15 is 0 Å². The number of hydrogen-bond donors (Lipinski definition) is 2. The number of thioether (sulfide) groups is 1. The lowest BCUT2D eigenvalue weighted by Crippen LogP contribution is -2.39. The summed E-state index contributed by atoms with van der Waals surface area (Å²) in [7, 11) is 1.53. The average molecular weight is 281 g/mol. The zero-order valence-electron chi connectivity index (χ0n) is 10.6. The van der Waals surface area contributed by atoms with Crippen molar-refractivity contribution in [3.8, 4) is 6.07 Å². The van der Waals surface area contributed by atoms with Gasteiger partial charge in [-0.05, 0) is 0 Å². The van der Waals surface area contributed by atoms with E-state index in [4.69, 9.17) is 9.47 Å². The molecule has 2 heterocycles. The highest BCUT2D eigenvalue weighted by Crippen LogP contribution is 2.25. The van der Waals surface area contributed by atoms with Crippen LogP contribution in [0.25, 0.3) is 0 Å². The van der Waals surface area contributed by atoms with Crippen LogP contribution in [0.1, 0.15) is 11.1 Å². The van der Waals surface area contributed by atoms with Crippen LogP contribution in [0.3, 0.4) is 0 Å². The molecule has 6 nitrogen and oxygen atoms in total. The summed E-state index contributed by atoms with van der Waals surface area (Å²) in [4.78, 5) is 14.3. The van der Waals surface area contributed by atoms with Crippen molar-refractivity contribution < 1.29 is 9.47 Å². The van der Waals surface area contributed by atoms with Gasteiger partial charge in [0.2, 0.25) is 5.56 Å². The highest BCUT2D eigenvalue weighted by molar-refractivity contribution is 7.99. The van der Waals surface area contributed by atoms with Gasteiger partial charge in [0.1, 0.15) is 6.07 Å². The molecule has 0 aromatic carbocycles. The molecule has 1 fully saturated rings. The Morgan fingerprint density at radius 1 is 1.68 bits per heavy atom. The predicted octanol–water partition coefficient (Wildman–Crippen LogP) is 0.431. The number of aromatic nitrogens is 1. The zero-order valence-corrected chi connectivity index (χ0v) is 11.4. The maximum atomic E-state index is 11.6. The minimum atomic E-state index is -0.231. The topological polar surface area (TPSA) is 87.1 Å². The van der Waals surface area contributed by atoms with Gasteiger partial charge in [-0.1, -0.05) is 11.8 Å². The first-order valence-electron chi connectivity index (χ1n) is 5.87. The number of ether oxygens (including phenoxy) is 2. The molecular weight excluding hydrogens is 266 g/mol. The molecule has 1 aromatic rings. The van der Waals surface area contributed by atoms with E-state index in [0.717, 1.165) is 6.54 Å². The summed E-state index contributed by atoms with van der Waals surface area (Å²) >= 11 is 1.40. The smallest absolute Gasteiger partial charge is 0.249 e. The van der Waals surface area contributed by atoms with Gasteiger partial charge in [-0.15, -0.1) is 0 Å². The standard InChI is InChI=1S/C12H15N3O3S/c1-17-6-8-4-10(16)15-12(9(8)5-13)19-11-7-18-3-2-14-11/h4,11,14H,2-3,6-7H2,1H3,(H,15,16). The molecule has 0 aliphatic carbocycles. The van der Waals surface area contributed by atoms with Gasteiger partial charge in [0.05, 0.1) is 35.8 Å². The molecule has 1 saturated heterocycles. The molecule has 1 aliphatic heterocycles. The number of morpholine rings is 1. The molecule has 19 heavy (non-hydrogen) atoms. The van der Waals surface area contributed by atoms with Gasteiger partial charge in [0.15, 0.2) is 0 Å². The van der Waals surface area contributed by atoms with Crippen molar-refractivity contribution in [2.24, 2.45) is 0 Å². The molecule has 2 N–H and O–H groups in total. The summed E-state index contributed by atoms with van der Waals surface area (Å²) < 4.78 is 10.4. The number of aromatic amines is 1. The summed E-state index contributed by atoms with van der Waals surface area (Å²) in [5, 5.41) is 13.1. The van der Waals surface area contributed by atoms with Crippen LogP contribution in [0.4, 0.5) is 0 Å². The molecule has 1 unspecified atom stereocenters. The van der Waals surface area contributed by atoms with E-state index in [9.17, 15) is 10.1 Å². The van der Waals surface area contributed by atoms with Crippen molar-refractivity contribution in [1.29, 1.82) is 5.26 Å². The second-order valence-corrected chi connectivity index (χ2v) is 5.26. The normalized spacial score (nSPS) is 19.1. The van der Waals surface area contributed by atoms with E-state index in [1.165, 1.54) is 24.9 Å². The molecule has 0 saturated carbocycles. The molecule has 1 aliphatic rings. The average Bonchev–Trinajstić information content (AvgIpc) is 2.40. The van der Waals surface area contributed by atoms with Crippen LogP contribution in [0.2, 0.25) is 0 Å². The minimum Gasteiger partial charge on any atom is -0.380 e. The SMILES string of the molecule is COCc1cc(=O)[nH]c(SC2COCCN2)c1C#N. The highest BCUT2D eigenvalue weighted by atomic mass is 32.2. The number of nitrogens with zero attached hydrogens (tertiary/aromatic N) is 1. The first-order chi connectivity index (χ1) is 9.24. The Morgan fingerprint density at radius 2 is 2.53 bits per heavy atom. The second kappa shape index (κ2) is 6.73. The number of rotatable bonds is 4. The van der Waals surface area contributed by atoms with Crippen LogP contribution in [0.5, 0.6) is 0 Å². The van der Waals surface area contributed by atoms with Crippen LogP contribution in [0, 0.1) is 11.3 Å². The lowest BCUT2D eigenvalue weighted by atomic mass is 10.2. The van der Waals surface area contributed by atoms with Gasteiger partial charge in [0, 0.05) is 25.3 Å². The van der Waals surface area contributed by atoms with Crippen LogP contribution in [-0.2, 0) is 16.1 Å². The third-order valence-corrected chi connectivity index (χ3v) is 3.78. The monoisotopic (exact) mass is 281 g/mol. The molecule has 1 atom stereocenters. The Labute approximate surface area is 115 Å². The molecule has 102 valence electrons. The minimum absolute atomic E-state index is 0.0364. The van der Waals surface area contributed by atoms with Gasteiger partial charge in [-0.3, -0.25) is 4.79 Å². The third-order valence-electron chi connectivity index (χ3n) is 2.65. The highest BCUT2D eigenvalue weighted by Gasteiger charge is 2.18. The van der Waals surface area contributed by atoms with Gasteiger partial charge in [-0.25, -0.2) is 0 Å². The lowest BCUT2D eigenvalue weighted by Gasteiger charge is -2.23. The second-order valence-electron chi connectivity index (χ2n) is 4.04. The van der Waals surface area contributed by atoms with Crippen LogP contribution in [-0.4, -0.2) is 37.2 Å². The lowest BCUT2D eigenvalue weighted by molar-refractivity contribution is 0.100. The Kier molecular flexibility index (Phi) is 4.99. The molecule has 7 heteroatoms. The summed E-state index contributed by atoms with van der Waals surface area (Å²) in [5.41, 5.74) is 0.831. The Hall–Kier alpha value is -1.33. The summed E-state index contributed by atoms with van der Waals surface area (Å²) in [6.45, 7) is 2.24. The van der Waals surface area contributed by atoms with Crippen LogP contribution >= 0.6 is 11.8 Å². The van der Waals surface area contributed by atoms with Crippen molar-refractivity contribution >= 4 is 11.8 Å². The number of H-pyrrole nitrogens is 1. The predicted molar refractivity (Wildman–Crippen MR) is 71.0 cm³/mol. The third kappa shape index (κ3) is 3.58. The van der Waals surface area contributed by atoms with E-state index < -0.39 is 0 Å². The Bertz CT molecular complexity index is 532. The first-order valence-corrected chi connectivity index (χ1v) is 6.75. The largest absolute Gasteiger partial charge is 0.380 e. The van der Waals surface area contributed by atoms with Crippen molar-refractivity contribution in [2.45, 2.75) is 17.0 Å². The van der Waals surface area contributed by atoms with E-state index in [1.807, 2.05) is 0 Å². The molecule has 0 spiro atoms. The fourth-order valence-corrected chi connectivity index (χ4v) is 2.93. The molecular formula is C12H15N3O3S.